The van der Waals surface area contributed by atoms with E-state index in [9.17, 15) is 13.2 Å². The quantitative estimate of drug-likeness (QED) is 0.720. The summed E-state index contributed by atoms with van der Waals surface area (Å²) in [6, 6.07) is 5.32. The Kier molecular flexibility index (Phi) is 6.84. The smallest absolute Gasteiger partial charge is 0.240 e. The Morgan fingerprint density at radius 1 is 1.19 bits per heavy atom. The summed E-state index contributed by atoms with van der Waals surface area (Å²) < 4.78 is 26.9. The Hall–Kier alpha value is -1.40. The molecule has 0 aromatic heterocycles. The number of nitrogens with one attached hydrogen (secondary N) is 2. The van der Waals surface area contributed by atoms with E-state index in [-0.39, 0.29) is 12.5 Å². The molecule has 1 aromatic rings. The molecule has 0 bridgehead atoms. The van der Waals surface area contributed by atoms with Crippen molar-refractivity contribution in [3.63, 3.8) is 0 Å². The number of sulfonamides is 1. The first-order valence-corrected chi connectivity index (χ1v) is 8.68. The predicted molar refractivity (Wildman–Crippen MR) is 83.6 cm³/mol. The van der Waals surface area contributed by atoms with Gasteiger partial charge >= 0.3 is 0 Å². The highest BCUT2D eigenvalue weighted by atomic mass is 32.2. The fraction of sp³-hybridized carbons (Fsp3) is 0.533. The average Bonchev–Trinajstić information content (AvgIpc) is 2.44. The number of aryl methyl sites for hydroxylation is 2. The van der Waals surface area contributed by atoms with E-state index in [1.165, 1.54) is 0 Å². The van der Waals surface area contributed by atoms with Gasteiger partial charge in [0.15, 0.2) is 0 Å². The van der Waals surface area contributed by atoms with Crippen molar-refractivity contribution in [2.45, 2.75) is 44.9 Å². The molecule has 0 saturated carbocycles. The third kappa shape index (κ3) is 5.85. The molecule has 0 radical (unpaired) electrons. The molecule has 0 unspecified atom stereocenters. The SMILES string of the molecule is CCCCC(=O)NCCNS(=O)(=O)c1cc(C)ccc1C. The van der Waals surface area contributed by atoms with Gasteiger partial charge in [-0.2, -0.15) is 0 Å². The fourth-order valence-electron chi connectivity index (χ4n) is 1.89. The van der Waals surface area contributed by atoms with E-state index < -0.39 is 10.0 Å². The maximum Gasteiger partial charge on any atom is 0.240 e. The van der Waals surface area contributed by atoms with Crippen molar-refractivity contribution in [1.82, 2.24) is 10.0 Å². The zero-order valence-corrected chi connectivity index (χ0v) is 13.7. The molecule has 0 saturated heterocycles. The summed E-state index contributed by atoms with van der Waals surface area (Å²) in [5.74, 6) is -0.0391. The van der Waals surface area contributed by atoms with Crippen LogP contribution in [0.4, 0.5) is 0 Å². The Labute approximate surface area is 127 Å². The predicted octanol–water partition coefficient (Wildman–Crippen LogP) is 1.89. The van der Waals surface area contributed by atoms with Gasteiger partial charge in [0.2, 0.25) is 15.9 Å². The van der Waals surface area contributed by atoms with Crippen molar-refractivity contribution >= 4 is 15.9 Å². The van der Waals surface area contributed by atoms with Crippen LogP contribution < -0.4 is 10.0 Å². The van der Waals surface area contributed by atoms with Gasteiger partial charge in [0.1, 0.15) is 0 Å². The lowest BCUT2D eigenvalue weighted by Crippen LogP contribution is -2.34. The fourth-order valence-corrected chi connectivity index (χ4v) is 3.25. The van der Waals surface area contributed by atoms with Crippen LogP contribution in [0.2, 0.25) is 0 Å². The van der Waals surface area contributed by atoms with E-state index >= 15 is 0 Å². The molecule has 0 fully saturated rings. The second-order valence-electron chi connectivity index (χ2n) is 5.12. The Bertz CT molecular complexity index is 583. The monoisotopic (exact) mass is 312 g/mol. The number of amides is 1. The van der Waals surface area contributed by atoms with Crippen LogP contribution in [-0.4, -0.2) is 27.4 Å². The molecule has 0 spiro atoms. The standard InChI is InChI=1S/C15H24N2O3S/c1-4-5-6-15(18)16-9-10-17-21(19,20)14-11-12(2)7-8-13(14)3/h7-8,11,17H,4-6,9-10H2,1-3H3,(H,16,18). The van der Waals surface area contributed by atoms with Gasteiger partial charge in [-0.05, 0) is 37.5 Å². The number of benzene rings is 1. The van der Waals surface area contributed by atoms with E-state index in [1.807, 2.05) is 19.9 Å². The summed E-state index contributed by atoms with van der Waals surface area (Å²) in [5.41, 5.74) is 1.61. The molecule has 0 aliphatic carbocycles. The van der Waals surface area contributed by atoms with Crippen molar-refractivity contribution in [2.24, 2.45) is 0 Å². The number of hydrogen-bond donors (Lipinski definition) is 2. The van der Waals surface area contributed by atoms with E-state index in [1.54, 1.807) is 19.1 Å². The van der Waals surface area contributed by atoms with Crippen LogP contribution in [0.15, 0.2) is 23.1 Å². The van der Waals surface area contributed by atoms with Crippen LogP contribution in [0.25, 0.3) is 0 Å². The lowest BCUT2D eigenvalue weighted by atomic mass is 10.2. The number of carbonyl (C=O) groups excluding carboxylic acids is 1. The highest BCUT2D eigenvalue weighted by Gasteiger charge is 2.16. The number of unbranched alkanes of at least 4 members (excludes halogenated alkanes) is 1. The summed E-state index contributed by atoms with van der Waals surface area (Å²) in [4.78, 5) is 11.7. The molecule has 0 aliphatic heterocycles. The third-order valence-electron chi connectivity index (χ3n) is 3.13. The Balaban J connectivity index is 2.50. The van der Waals surface area contributed by atoms with Gasteiger partial charge in [0.25, 0.3) is 0 Å². The van der Waals surface area contributed by atoms with Crippen molar-refractivity contribution in [3.05, 3.63) is 29.3 Å². The van der Waals surface area contributed by atoms with E-state index in [4.69, 9.17) is 0 Å². The summed E-state index contributed by atoms with van der Waals surface area (Å²) in [6.07, 6.45) is 2.30. The molecule has 21 heavy (non-hydrogen) atoms. The van der Waals surface area contributed by atoms with E-state index in [0.717, 1.165) is 18.4 Å². The molecule has 2 N–H and O–H groups in total. The maximum atomic E-state index is 12.2. The largest absolute Gasteiger partial charge is 0.355 e. The zero-order chi connectivity index (χ0) is 15.9. The minimum atomic E-state index is -3.53. The molecule has 0 atom stereocenters. The molecule has 5 nitrogen and oxygen atoms in total. The van der Waals surface area contributed by atoms with Crippen molar-refractivity contribution in [2.75, 3.05) is 13.1 Å². The van der Waals surface area contributed by atoms with E-state index in [2.05, 4.69) is 10.0 Å². The molecule has 1 aromatic carbocycles. The number of carbonyl (C=O) groups is 1. The second kappa shape index (κ2) is 8.14. The first-order chi connectivity index (χ1) is 9.86. The first kappa shape index (κ1) is 17.7. The molecule has 1 amide bonds. The summed E-state index contributed by atoms with van der Waals surface area (Å²) in [5, 5.41) is 2.70. The second-order valence-corrected chi connectivity index (χ2v) is 6.86. The minimum absolute atomic E-state index is 0.0391. The lowest BCUT2D eigenvalue weighted by Gasteiger charge is -2.10. The van der Waals surface area contributed by atoms with Crippen LogP contribution in [-0.2, 0) is 14.8 Å². The third-order valence-corrected chi connectivity index (χ3v) is 4.73. The Morgan fingerprint density at radius 2 is 1.90 bits per heavy atom. The van der Waals surface area contributed by atoms with Gasteiger partial charge in [-0.15, -0.1) is 0 Å². The van der Waals surface area contributed by atoms with Gasteiger partial charge < -0.3 is 5.32 Å². The summed E-state index contributed by atoms with van der Waals surface area (Å²) in [7, 11) is -3.53. The van der Waals surface area contributed by atoms with Gasteiger partial charge in [-0.25, -0.2) is 13.1 Å². The van der Waals surface area contributed by atoms with E-state index in [0.29, 0.717) is 23.4 Å². The van der Waals surface area contributed by atoms with Gasteiger partial charge in [-0.1, -0.05) is 25.5 Å². The van der Waals surface area contributed by atoms with Gasteiger partial charge in [-0.3, -0.25) is 4.79 Å². The van der Waals surface area contributed by atoms with Crippen molar-refractivity contribution < 1.29 is 13.2 Å². The summed E-state index contributed by atoms with van der Waals surface area (Å²) >= 11 is 0. The Morgan fingerprint density at radius 3 is 2.57 bits per heavy atom. The number of rotatable bonds is 8. The van der Waals surface area contributed by atoms with Crippen LogP contribution in [0.5, 0.6) is 0 Å². The zero-order valence-electron chi connectivity index (χ0n) is 12.9. The topological polar surface area (TPSA) is 75.3 Å². The minimum Gasteiger partial charge on any atom is -0.355 e. The van der Waals surface area contributed by atoms with Crippen LogP contribution in [0, 0.1) is 13.8 Å². The van der Waals surface area contributed by atoms with Crippen LogP contribution in [0.1, 0.15) is 37.3 Å². The van der Waals surface area contributed by atoms with Crippen LogP contribution in [0.3, 0.4) is 0 Å². The van der Waals surface area contributed by atoms with Crippen LogP contribution >= 0.6 is 0 Å². The van der Waals surface area contributed by atoms with Gasteiger partial charge in [0, 0.05) is 19.5 Å². The molecule has 118 valence electrons. The highest BCUT2D eigenvalue weighted by molar-refractivity contribution is 7.89. The molecular weight excluding hydrogens is 288 g/mol. The highest BCUT2D eigenvalue weighted by Crippen LogP contribution is 2.16. The lowest BCUT2D eigenvalue weighted by molar-refractivity contribution is -0.121. The normalized spacial score (nSPS) is 11.4. The molecule has 0 aliphatic rings. The molecule has 0 heterocycles. The molecule has 6 heteroatoms. The maximum absolute atomic E-state index is 12.2. The van der Waals surface area contributed by atoms with Gasteiger partial charge in [0.05, 0.1) is 4.90 Å². The molecular formula is C15H24N2O3S. The van der Waals surface area contributed by atoms with Crippen molar-refractivity contribution in [1.29, 1.82) is 0 Å². The summed E-state index contributed by atoms with van der Waals surface area (Å²) in [6.45, 7) is 6.12. The molecule has 1 rings (SSSR count). The first-order valence-electron chi connectivity index (χ1n) is 7.20. The van der Waals surface area contributed by atoms with Crippen molar-refractivity contribution in [3.8, 4) is 0 Å². The number of hydrogen-bond acceptors (Lipinski definition) is 3. The average molecular weight is 312 g/mol.